The lowest BCUT2D eigenvalue weighted by atomic mass is 10.2. The molecule has 0 bridgehead atoms. The number of hydrogen-bond acceptors (Lipinski definition) is 8. The Morgan fingerprint density at radius 2 is 2.07 bits per heavy atom. The summed E-state index contributed by atoms with van der Waals surface area (Å²) in [7, 11) is 1.51. The number of ether oxygens (including phenoxy) is 2. The minimum atomic E-state index is -0.907. The van der Waals surface area contributed by atoms with Crippen molar-refractivity contribution in [1.29, 1.82) is 0 Å². The molecule has 0 spiro atoms. The lowest BCUT2D eigenvalue weighted by Crippen LogP contribution is -2.08. The van der Waals surface area contributed by atoms with Crippen LogP contribution in [0.3, 0.4) is 0 Å². The molecule has 0 saturated heterocycles. The van der Waals surface area contributed by atoms with Crippen LogP contribution in [0.5, 0.6) is 5.75 Å². The molecule has 1 heterocycles. The zero-order chi connectivity index (χ0) is 19.4. The number of para-hydroxylation sites is 1. The fourth-order valence-electron chi connectivity index (χ4n) is 2.29. The van der Waals surface area contributed by atoms with Gasteiger partial charge in [0.05, 0.1) is 17.6 Å². The van der Waals surface area contributed by atoms with Gasteiger partial charge in [-0.2, -0.15) is 4.98 Å². The van der Waals surface area contributed by atoms with E-state index in [0.29, 0.717) is 11.3 Å². The number of nitrogens with zero attached hydrogens (tertiary/aromatic N) is 3. The van der Waals surface area contributed by atoms with Gasteiger partial charge in [0.1, 0.15) is 11.3 Å². The normalized spacial score (nSPS) is 10.4. The Bertz CT molecular complexity index is 1000. The van der Waals surface area contributed by atoms with Gasteiger partial charge < -0.3 is 14.0 Å². The van der Waals surface area contributed by atoms with E-state index in [2.05, 4.69) is 10.1 Å². The minimum Gasteiger partial charge on any atom is -0.496 e. The van der Waals surface area contributed by atoms with Crippen LogP contribution in [0, 0.1) is 10.1 Å². The molecule has 138 valence electrons. The number of carbonyl (C=O) groups excluding carboxylic acids is 1. The highest BCUT2D eigenvalue weighted by atomic mass is 35.5. The molecule has 0 N–H and O–H groups in total. The summed E-state index contributed by atoms with van der Waals surface area (Å²) in [6, 6.07) is 10.7. The van der Waals surface area contributed by atoms with E-state index in [0.717, 1.165) is 6.07 Å². The third kappa shape index (κ3) is 4.04. The van der Waals surface area contributed by atoms with E-state index in [1.54, 1.807) is 24.3 Å². The monoisotopic (exact) mass is 389 g/mol. The van der Waals surface area contributed by atoms with Gasteiger partial charge >= 0.3 is 5.97 Å². The molecule has 0 radical (unpaired) electrons. The summed E-state index contributed by atoms with van der Waals surface area (Å²) in [6.07, 6.45) is 0. The molecule has 3 aromatic rings. The molecular weight excluding hydrogens is 378 g/mol. The topological polar surface area (TPSA) is 118 Å². The van der Waals surface area contributed by atoms with Crippen molar-refractivity contribution in [2.24, 2.45) is 0 Å². The molecule has 0 aliphatic carbocycles. The van der Waals surface area contributed by atoms with Gasteiger partial charge in [-0.05, 0) is 24.3 Å². The number of benzene rings is 2. The molecule has 27 heavy (non-hydrogen) atoms. The van der Waals surface area contributed by atoms with Crippen LogP contribution in [0.4, 0.5) is 5.69 Å². The molecule has 0 unspecified atom stereocenters. The third-order valence-electron chi connectivity index (χ3n) is 3.52. The van der Waals surface area contributed by atoms with Crippen LogP contribution in [0.15, 0.2) is 47.0 Å². The van der Waals surface area contributed by atoms with Gasteiger partial charge in [-0.1, -0.05) is 28.9 Å². The molecule has 0 fully saturated rings. The van der Waals surface area contributed by atoms with Crippen molar-refractivity contribution >= 4 is 23.3 Å². The summed E-state index contributed by atoms with van der Waals surface area (Å²) in [5.41, 5.74) is -0.0729. The number of halogens is 1. The average molecular weight is 390 g/mol. The molecular formula is C17H12ClN3O6. The summed E-state index contributed by atoms with van der Waals surface area (Å²) in [4.78, 5) is 26.6. The van der Waals surface area contributed by atoms with Crippen LogP contribution >= 0.6 is 11.6 Å². The molecule has 10 heteroatoms. The van der Waals surface area contributed by atoms with Crippen molar-refractivity contribution in [3.8, 4) is 17.1 Å². The number of nitro benzene ring substituents is 1. The Kier molecular flexibility index (Phi) is 5.32. The van der Waals surface area contributed by atoms with Crippen LogP contribution in [0.25, 0.3) is 11.4 Å². The van der Waals surface area contributed by atoms with Gasteiger partial charge in [-0.3, -0.25) is 10.1 Å². The Morgan fingerprint density at radius 1 is 1.30 bits per heavy atom. The van der Waals surface area contributed by atoms with Crippen molar-refractivity contribution < 1.29 is 23.7 Å². The highest BCUT2D eigenvalue weighted by molar-refractivity contribution is 6.31. The minimum absolute atomic E-state index is 0.0286. The summed E-state index contributed by atoms with van der Waals surface area (Å²) in [5, 5.41) is 15.0. The van der Waals surface area contributed by atoms with Crippen molar-refractivity contribution in [3.63, 3.8) is 0 Å². The number of esters is 1. The molecule has 0 amide bonds. The summed E-state index contributed by atoms with van der Waals surface area (Å²) in [6.45, 7) is -0.346. The molecule has 0 aliphatic heterocycles. The van der Waals surface area contributed by atoms with E-state index in [9.17, 15) is 14.9 Å². The van der Waals surface area contributed by atoms with Crippen molar-refractivity contribution in [2.75, 3.05) is 7.11 Å². The standard InChI is InChI=1S/C17H12ClN3O6/c1-25-14-5-3-2-4-12(14)16-19-15(27-20-16)9-26-17(22)11-7-6-10(18)8-13(11)21(23)24/h2-8H,9H2,1H3. The maximum atomic E-state index is 12.2. The number of hydrogen-bond donors (Lipinski definition) is 0. The van der Waals surface area contributed by atoms with Crippen molar-refractivity contribution in [1.82, 2.24) is 10.1 Å². The van der Waals surface area contributed by atoms with E-state index < -0.39 is 16.6 Å². The molecule has 0 atom stereocenters. The van der Waals surface area contributed by atoms with Gasteiger partial charge in [-0.25, -0.2) is 4.79 Å². The highest BCUT2D eigenvalue weighted by Crippen LogP contribution is 2.27. The summed E-state index contributed by atoms with van der Waals surface area (Å²) >= 11 is 5.72. The van der Waals surface area contributed by atoms with E-state index >= 15 is 0 Å². The molecule has 0 saturated carbocycles. The fourth-order valence-corrected chi connectivity index (χ4v) is 2.45. The van der Waals surface area contributed by atoms with Crippen LogP contribution in [-0.2, 0) is 11.3 Å². The zero-order valence-corrected chi connectivity index (χ0v) is 14.7. The Labute approximate surface area is 157 Å². The van der Waals surface area contributed by atoms with Crippen LogP contribution in [-0.4, -0.2) is 28.1 Å². The molecule has 1 aromatic heterocycles. The van der Waals surface area contributed by atoms with Gasteiger partial charge in [0.15, 0.2) is 6.61 Å². The summed E-state index contributed by atoms with van der Waals surface area (Å²) < 4.78 is 15.3. The van der Waals surface area contributed by atoms with E-state index in [4.69, 9.17) is 25.6 Å². The number of carbonyl (C=O) groups is 1. The van der Waals surface area contributed by atoms with Gasteiger partial charge in [0, 0.05) is 11.1 Å². The molecule has 0 aliphatic rings. The first-order valence-electron chi connectivity index (χ1n) is 7.56. The van der Waals surface area contributed by atoms with E-state index in [-0.39, 0.29) is 28.9 Å². The van der Waals surface area contributed by atoms with Crippen LogP contribution < -0.4 is 4.74 Å². The Morgan fingerprint density at radius 3 is 2.81 bits per heavy atom. The van der Waals surface area contributed by atoms with Gasteiger partial charge in [0.25, 0.3) is 11.6 Å². The first-order valence-corrected chi connectivity index (χ1v) is 7.94. The second-order valence-corrected chi connectivity index (χ2v) is 5.64. The largest absolute Gasteiger partial charge is 0.496 e. The number of aromatic nitrogens is 2. The predicted octanol–water partition coefficient (Wildman–Crippen LogP) is 3.66. The lowest BCUT2D eigenvalue weighted by molar-refractivity contribution is -0.385. The Hall–Kier alpha value is -3.46. The molecule has 2 aromatic carbocycles. The van der Waals surface area contributed by atoms with Crippen molar-refractivity contribution in [2.45, 2.75) is 6.61 Å². The fraction of sp³-hybridized carbons (Fsp3) is 0.118. The van der Waals surface area contributed by atoms with Crippen LogP contribution in [0.2, 0.25) is 5.02 Å². The number of rotatable bonds is 6. The summed E-state index contributed by atoms with van der Waals surface area (Å²) in [5.74, 6) is -0.0640. The second-order valence-electron chi connectivity index (χ2n) is 5.21. The third-order valence-corrected chi connectivity index (χ3v) is 3.75. The van der Waals surface area contributed by atoms with Gasteiger partial charge in [0.2, 0.25) is 5.82 Å². The maximum absolute atomic E-state index is 12.2. The lowest BCUT2D eigenvalue weighted by Gasteiger charge is -2.04. The Balaban J connectivity index is 1.74. The molecule has 3 rings (SSSR count). The van der Waals surface area contributed by atoms with Crippen molar-refractivity contribution in [3.05, 3.63) is 69.1 Å². The average Bonchev–Trinajstić information content (AvgIpc) is 3.14. The predicted molar refractivity (Wildman–Crippen MR) is 93.5 cm³/mol. The first kappa shape index (κ1) is 18.3. The van der Waals surface area contributed by atoms with E-state index in [1.165, 1.54) is 19.2 Å². The maximum Gasteiger partial charge on any atom is 0.345 e. The quantitative estimate of drug-likeness (QED) is 0.356. The smallest absolute Gasteiger partial charge is 0.345 e. The van der Waals surface area contributed by atoms with Gasteiger partial charge in [-0.15, -0.1) is 0 Å². The number of methoxy groups -OCH3 is 1. The second kappa shape index (κ2) is 7.83. The zero-order valence-electron chi connectivity index (χ0n) is 13.9. The van der Waals surface area contributed by atoms with E-state index in [1.807, 2.05) is 0 Å². The highest BCUT2D eigenvalue weighted by Gasteiger charge is 2.23. The SMILES string of the molecule is COc1ccccc1-c1noc(COC(=O)c2ccc(Cl)cc2[N+](=O)[O-])n1. The molecule has 9 nitrogen and oxygen atoms in total. The number of nitro groups is 1. The van der Waals surface area contributed by atoms with Crippen LogP contribution in [0.1, 0.15) is 16.2 Å². The first-order chi connectivity index (χ1) is 13.0.